The molecule has 0 aromatic heterocycles. The summed E-state index contributed by atoms with van der Waals surface area (Å²) in [5.41, 5.74) is -0.00231. The molecule has 0 saturated heterocycles. The van der Waals surface area contributed by atoms with E-state index in [1.54, 1.807) is 13.0 Å². The van der Waals surface area contributed by atoms with Crippen LogP contribution in [0.1, 0.15) is 19.8 Å². The van der Waals surface area contributed by atoms with Crippen LogP contribution in [0.2, 0.25) is 0 Å². The van der Waals surface area contributed by atoms with Gasteiger partial charge in [0.1, 0.15) is 4.90 Å². The van der Waals surface area contributed by atoms with Crippen molar-refractivity contribution in [3.8, 4) is 0 Å². The first-order chi connectivity index (χ1) is 8.39. The molecule has 1 aromatic carbocycles. The quantitative estimate of drug-likeness (QED) is 0.855. The maximum absolute atomic E-state index is 13.0. The fourth-order valence-electron chi connectivity index (χ4n) is 1.84. The van der Waals surface area contributed by atoms with Crippen molar-refractivity contribution < 1.29 is 17.1 Å². The highest BCUT2D eigenvalue weighted by Gasteiger charge is 2.33. The maximum Gasteiger partial charge on any atom is 0.334 e. The number of anilines is 1. The highest BCUT2D eigenvalue weighted by molar-refractivity contribution is 7.86. The Bertz CT molecular complexity index is 566. The summed E-state index contributed by atoms with van der Waals surface area (Å²) in [4.78, 5) is 11.3. The van der Waals surface area contributed by atoms with Gasteiger partial charge in [0.2, 0.25) is 5.91 Å². The smallest absolute Gasteiger partial charge is 0.325 e. The molecule has 0 heterocycles. The second kappa shape index (κ2) is 4.68. The molecule has 0 aliphatic heterocycles. The van der Waals surface area contributed by atoms with Gasteiger partial charge in [0, 0.05) is 5.92 Å². The molecule has 1 N–H and O–H groups in total. The van der Waals surface area contributed by atoms with Gasteiger partial charge >= 0.3 is 10.2 Å². The van der Waals surface area contributed by atoms with Crippen molar-refractivity contribution in [2.75, 3.05) is 5.32 Å². The normalized spacial score (nSPS) is 17.2. The molecule has 1 atom stereocenters. The van der Waals surface area contributed by atoms with Crippen molar-refractivity contribution in [2.24, 2.45) is 11.8 Å². The van der Waals surface area contributed by atoms with Crippen molar-refractivity contribution in [1.29, 1.82) is 0 Å². The van der Waals surface area contributed by atoms with E-state index in [1.165, 1.54) is 12.1 Å². The highest BCUT2D eigenvalue weighted by atomic mass is 32.3. The second-order valence-electron chi connectivity index (χ2n) is 4.55. The second-order valence-corrected chi connectivity index (χ2v) is 5.86. The molecule has 98 valence electrons. The number of amides is 1. The molecular weight excluding hydrogens is 257 g/mol. The molecule has 1 aromatic rings. The molecule has 0 spiro atoms. The molecule has 1 saturated carbocycles. The summed E-state index contributed by atoms with van der Waals surface area (Å²) in [7, 11) is -4.82. The average Bonchev–Trinajstić information content (AvgIpc) is 3.11. The zero-order valence-electron chi connectivity index (χ0n) is 9.89. The van der Waals surface area contributed by atoms with Crippen LogP contribution < -0.4 is 5.32 Å². The van der Waals surface area contributed by atoms with Gasteiger partial charge in [-0.05, 0) is 30.9 Å². The van der Waals surface area contributed by atoms with Gasteiger partial charge in [-0.15, -0.1) is 3.89 Å². The van der Waals surface area contributed by atoms with E-state index in [1.807, 2.05) is 0 Å². The van der Waals surface area contributed by atoms with Gasteiger partial charge in [0.15, 0.2) is 0 Å². The van der Waals surface area contributed by atoms with Gasteiger partial charge in [-0.1, -0.05) is 19.1 Å². The Kier molecular flexibility index (Phi) is 3.38. The van der Waals surface area contributed by atoms with Gasteiger partial charge in [-0.25, -0.2) is 0 Å². The third-order valence-corrected chi connectivity index (χ3v) is 4.03. The number of hydrogen-bond acceptors (Lipinski definition) is 3. The molecular formula is C12H14FNO3S. The van der Waals surface area contributed by atoms with Gasteiger partial charge in [-0.2, -0.15) is 8.42 Å². The van der Waals surface area contributed by atoms with Crippen LogP contribution in [0.4, 0.5) is 9.57 Å². The number of para-hydroxylation sites is 1. The molecule has 1 unspecified atom stereocenters. The zero-order chi connectivity index (χ0) is 13.3. The number of carbonyl (C=O) groups excluding carboxylic acids is 1. The summed E-state index contributed by atoms with van der Waals surface area (Å²) in [6.45, 7) is 1.79. The van der Waals surface area contributed by atoms with Gasteiger partial charge in [0.05, 0.1) is 5.69 Å². The van der Waals surface area contributed by atoms with Gasteiger partial charge in [-0.3, -0.25) is 4.79 Å². The van der Waals surface area contributed by atoms with E-state index in [-0.39, 0.29) is 17.5 Å². The standard InChI is InChI=1S/C12H14FNO3S/c1-8(9-6-7-9)12(15)14-10-4-2-3-5-11(10)18(13,16)17/h2-5,8-9H,6-7H2,1H3,(H,14,15). The first kappa shape index (κ1) is 13.0. The minimum Gasteiger partial charge on any atom is -0.325 e. The van der Waals surface area contributed by atoms with Crippen LogP contribution in [-0.2, 0) is 15.0 Å². The summed E-state index contributed by atoms with van der Waals surface area (Å²) in [6, 6.07) is 5.47. The predicted molar refractivity (Wildman–Crippen MR) is 65.3 cm³/mol. The molecule has 0 radical (unpaired) electrons. The largest absolute Gasteiger partial charge is 0.334 e. The van der Waals surface area contributed by atoms with Crippen molar-refractivity contribution in [2.45, 2.75) is 24.7 Å². The first-order valence-corrected chi connectivity index (χ1v) is 7.12. The van der Waals surface area contributed by atoms with Gasteiger partial charge in [0.25, 0.3) is 0 Å². The predicted octanol–water partition coefficient (Wildman–Crippen LogP) is 2.33. The number of nitrogens with one attached hydrogen (secondary N) is 1. The Morgan fingerprint density at radius 1 is 1.39 bits per heavy atom. The van der Waals surface area contributed by atoms with E-state index in [0.717, 1.165) is 18.9 Å². The lowest BCUT2D eigenvalue weighted by atomic mass is 10.1. The molecule has 1 fully saturated rings. The SMILES string of the molecule is CC(C(=O)Nc1ccccc1S(=O)(=O)F)C1CC1. The Balaban J connectivity index is 2.21. The molecule has 18 heavy (non-hydrogen) atoms. The molecule has 1 amide bonds. The fourth-order valence-corrected chi connectivity index (χ4v) is 2.46. The minimum absolute atomic E-state index is 0.00231. The Morgan fingerprint density at radius 3 is 2.56 bits per heavy atom. The number of hydrogen-bond donors (Lipinski definition) is 1. The lowest BCUT2D eigenvalue weighted by Gasteiger charge is -2.12. The third-order valence-electron chi connectivity index (χ3n) is 3.15. The van der Waals surface area contributed by atoms with Crippen LogP contribution in [-0.4, -0.2) is 14.3 Å². The molecule has 4 nitrogen and oxygen atoms in total. The van der Waals surface area contributed by atoms with Crippen LogP contribution in [0.3, 0.4) is 0 Å². The summed E-state index contributed by atoms with van der Waals surface area (Å²) >= 11 is 0. The van der Waals surface area contributed by atoms with Crippen LogP contribution in [0.5, 0.6) is 0 Å². The molecule has 6 heteroatoms. The van der Waals surface area contributed by atoms with E-state index in [0.29, 0.717) is 5.92 Å². The summed E-state index contributed by atoms with van der Waals surface area (Å²) < 4.78 is 34.9. The topological polar surface area (TPSA) is 63.2 Å². The fraction of sp³-hybridized carbons (Fsp3) is 0.417. The monoisotopic (exact) mass is 271 g/mol. The number of benzene rings is 1. The van der Waals surface area contributed by atoms with Crippen LogP contribution in [0.15, 0.2) is 29.2 Å². The Labute approximate surface area is 105 Å². The zero-order valence-corrected chi connectivity index (χ0v) is 10.7. The van der Waals surface area contributed by atoms with E-state index in [9.17, 15) is 17.1 Å². The molecule has 0 bridgehead atoms. The van der Waals surface area contributed by atoms with Crippen molar-refractivity contribution in [3.05, 3.63) is 24.3 Å². The average molecular weight is 271 g/mol. The number of carbonyl (C=O) groups is 1. The Morgan fingerprint density at radius 2 is 2.00 bits per heavy atom. The van der Waals surface area contributed by atoms with E-state index in [2.05, 4.69) is 5.32 Å². The third kappa shape index (κ3) is 2.87. The summed E-state index contributed by atoms with van der Waals surface area (Å²) in [6.07, 6.45) is 2.02. The van der Waals surface area contributed by atoms with E-state index in [4.69, 9.17) is 0 Å². The lowest BCUT2D eigenvalue weighted by molar-refractivity contribution is -0.119. The van der Waals surface area contributed by atoms with Crippen molar-refractivity contribution >= 4 is 21.8 Å². The number of halogens is 1. The van der Waals surface area contributed by atoms with E-state index >= 15 is 0 Å². The first-order valence-electron chi connectivity index (χ1n) is 5.74. The minimum atomic E-state index is -4.82. The van der Waals surface area contributed by atoms with Crippen molar-refractivity contribution in [3.63, 3.8) is 0 Å². The molecule has 2 rings (SSSR count). The highest BCUT2D eigenvalue weighted by Crippen LogP contribution is 2.37. The van der Waals surface area contributed by atoms with Crippen LogP contribution in [0.25, 0.3) is 0 Å². The summed E-state index contributed by atoms with van der Waals surface area (Å²) in [5.74, 6) is -0.0897. The van der Waals surface area contributed by atoms with E-state index < -0.39 is 15.1 Å². The van der Waals surface area contributed by atoms with Gasteiger partial charge < -0.3 is 5.32 Å². The van der Waals surface area contributed by atoms with Crippen LogP contribution >= 0.6 is 0 Å². The lowest BCUT2D eigenvalue weighted by Crippen LogP contribution is -2.22. The molecule has 1 aliphatic carbocycles. The number of rotatable bonds is 4. The van der Waals surface area contributed by atoms with Crippen LogP contribution in [0, 0.1) is 11.8 Å². The summed E-state index contributed by atoms with van der Waals surface area (Å²) in [5, 5.41) is 2.48. The maximum atomic E-state index is 13.0. The Hall–Kier alpha value is -1.43. The van der Waals surface area contributed by atoms with Crippen molar-refractivity contribution in [1.82, 2.24) is 0 Å². The molecule has 1 aliphatic rings.